The van der Waals surface area contributed by atoms with Crippen LogP contribution >= 0.6 is 0 Å². The summed E-state index contributed by atoms with van der Waals surface area (Å²) in [6.45, 7) is 0. The predicted molar refractivity (Wildman–Crippen MR) is 105 cm³/mol. The number of hydrogen-bond donors (Lipinski definition) is 1. The van der Waals surface area contributed by atoms with Crippen LogP contribution in [-0.4, -0.2) is 39.0 Å². The van der Waals surface area contributed by atoms with Gasteiger partial charge in [-0.1, -0.05) is 12.2 Å². The van der Waals surface area contributed by atoms with E-state index in [9.17, 15) is 29.6 Å². The Morgan fingerprint density at radius 2 is 1.84 bits per heavy atom. The molecular formula is C21H15N3O7. The van der Waals surface area contributed by atoms with Crippen LogP contribution in [-0.2, 0) is 9.59 Å². The lowest BCUT2D eigenvalue weighted by Gasteiger charge is -2.13. The molecule has 10 nitrogen and oxygen atoms in total. The number of nitro groups is 1. The zero-order valence-electron chi connectivity index (χ0n) is 15.9. The molecule has 156 valence electrons. The molecule has 2 aliphatic carbocycles. The molecule has 1 aromatic carbocycles. The molecule has 3 aliphatic rings. The summed E-state index contributed by atoms with van der Waals surface area (Å²) >= 11 is 0. The third kappa shape index (κ3) is 2.87. The molecule has 4 atom stereocenters. The minimum absolute atomic E-state index is 0.0819. The smallest absolute Gasteiger partial charge is 0.336 e. The Labute approximate surface area is 174 Å². The van der Waals surface area contributed by atoms with Crippen molar-refractivity contribution in [1.82, 2.24) is 5.01 Å². The van der Waals surface area contributed by atoms with Crippen LogP contribution in [0, 0.1) is 33.8 Å². The first-order valence-electron chi connectivity index (χ1n) is 9.57. The summed E-state index contributed by atoms with van der Waals surface area (Å²) in [7, 11) is 0. The molecule has 2 fully saturated rings. The van der Waals surface area contributed by atoms with Gasteiger partial charge in [0.2, 0.25) is 0 Å². The second-order valence-electron chi connectivity index (χ2n) is 7.73. The fourth-order valence-electron chi connectivity index (χ4n) is 4.72. The van der Waals surface area contributed by atoms with E-state index in [2.05, 4.69) is 5.10 Å². The van der Waals surface area contributed by atoms with Gasteiger partial charge in [0.05, 0.1) is 28.5 Å². The molecular weight excluding hydrogens is 406 g/mol. The SMILES string of the molecule is O=C(O)c1cc([N+](=O)[O-])ccc1-c1ccc(/C=N\N2C(=O)[C@@H]3[C@H](C2=O)[C@H]2C=C[C@H]3C2)o1. The molecule has 1 saturated carbocycles. The van der Waals surface area contributed by atoms with E-state index in [4.69, 9.17) is 4.42 Å². The molecule has 31 heavy (non-hydrogen) atoms. The first kappa shape index (κ1) is 18.9. The van der Waals surface area contributed by atoms with Gasteiger partial charge >= 0.3 is 5.97 Å². The molecule has 0 unspecified atom stereocenters. The molecule has 2 amide bonds. The van der Waals surface area contributed by atoms with Crippen molar-refractivity contribution < 1.29 is 28.8 Å². The third-order valence-electron chi connectivity index (χ3n) is 6.08. The van der Waals surface area contributed by atoms with Gasteiger partial charge in [-0.3, -0.25) is 19.7 Å². The zero-order chi connectivity index (χ0) is 21.9. The molecule has 2 aromatic rings. The average molecular weight is 421 g/mol. The summed E-state index contributed by atoms with van der Waals surface area (Å²) in [4.78, 5) is 47.1. The quantitative estimate of drug-likeness (QED) is 0.257. The van der Waals surface area contributed by atoms with Gasteiger partial charge in [0.15, 0.2) is 0 Å². The van der Waals surface area contributed by atoms with Gasteiger partial charge in [-0.2, -0.15) is 10.1 Å². The van der Waals surface area contributed by atoms with Gasteiger partial charge in [0.1, 0.15) is 11.5 Å². The summed E-state index contributed by atoms with van der Waals surface area (Å²) in [6.07, 6.45) is 6.04. The average Bonchev–Trinajstić information content (AvgIpc) is 3.51. The Morgan fingerprint density at radius 3 is 2.45 bits per heavy atom. The largest absolute Gasteiger partial charge is 0.478 e. The summed E-state index contributed by atoms with van der Waals surface area (Å²) in [5.74, 6) is -2.17. The van der Waals surface area contributed by atoms with E-state index < -0.39 is 10.9 Å². The van der Waals surface area contributed by atoms with E-state index in [1.54, 1.807) is 0 Å². The van der Waals surface area contributed by atoms with E-state index in [0.29, 0.717) is 0 Å². The lowest BCUT2D eigenvalue weighted by Crippen LogP contribution is -2.28. The Bertz CT molecular complexity index is 1180. The first-order valence-corrected chi connectivity index (χ1v) is 9.57. The van der Waals surface area contributed by atoms with Gasteiger partial charge in [-0.05, 0) is 36.5 Å². The van der Waals surface area contributed by atoms with Crippen molar-refractivity contribution in [3.05, 3.63) is 63.9 Å². The van der Waals surface area contributed by atoms with Crippen molar-refractivity contribution in [2.24, 2.45) is 28.8 Å². The third-order valence-corrected chi connectivity index (χ3v) is 6.08. The number of carbonyl (C=O) groups excluding carboxylic acids is 2. The maximum absolute atomic E-state index is 12.6. The second kappa shape index (κ2) is 6.73. The molecule has 1 aliphatic heterocycles. The highest BCUT2D eigenvalue weighted by atomic mass is 16.6. The van der Waals surface area contributed by atoms with Crippen LogP contribution in [0.25, 0.3) is 11.3 Å². The van der Waals surface area contributed by atoms with E-state index in [1.807, 2.05) is 12.2 Å². The normalized spacial score (nSPS) is 26.3. The number of nitro benzene ring substituents is 1. The summed E-state index contributed by atoms with van der Waals surface area (Å²) < 4.78 is 5.60. The molecule has 5 rings (SSSR count). The molecule has 10 heteroatoms. The summed E-state index contributed by atoms with van der Waals surface area (Å²) in [5.41, 5.74) is -0.481. The van der Waals surface area contributed by atoms with Crippen LogP contribution < -0.4 is 0 Å². The van der Waals surface area contributed by atoms with Crippen LogP contribution in [0.3, 0.4) is 0 Å². The van der Waals surface area contributed by atoms with Crippen molar-refractivity contribution in [1.29, 1.82) is 0 Å². The highest BCUT2D eigenvalue weighted by Crippen LogP contribution is 2.52. The maximum Gasteiger partial charge on any atom is 0.336 e. The van der Waals surface area contributed by atoms with Crippen LogP contribution in [0.15, 0.2) is 52.0 Å². The number of carbonyl (C=O) groups is 3. The number of non-ortho nitro benzene ring substituents is 1. The van der Waals surface area contributed by atoms with Crippen molar-refractivity contribution in [2.75, 3.05) is 0 Å². The molecule has 2 bridgehead atoms. The first-order chi connectivity index (χ1) is 14.8. The van der Waals surface area contributed by atoms with E-state index in [1.165, 1.54) is 30.5 Å². The van der Waals surface area contributed by atoms with E-state index in [-0.39, 0.29) is 63.8 Å². The fourth-order valence-corrected chi connectivity index (χ4v) is 4.72. The molecule has 1 N–H and O–H groups in total. The second-order valence-corrected chi connectivity index (χ2v) is 7.73. The highest BCUT2D eigenvalue weighted by molar-refractivity contribution is 6.06. The monoisotopic (exact) mass is 421 g/mol. The molecule has 0 spiro atoms. The van der Waals surface area contributed by atoms with Crippen molar-refractivity contribution in [3.63, 3.8) is 0 Å². The number of benzene rings is 1. The standard InChI is InChI=1S/C21H15N3O7/c25-19-17-10-1-2-11(7-10)18(17)20(26)23(19)22-9-13-4-6-16(31-13)14-5-3-12(24(29)30)8-15(14)21(27)28/h1-6,8-11,17-18H,7H2,(H,27,28)/b22-9-/t10-,11-,17-,18+/m0/s1. The van der Waals surface area contributed by atoms with Crippen molar-refractivity contribution >= 4 is 29.7 Å². The number of fused-ring (bicyclic) bond motifs is 5. The number of rotatable bonds is 5. The van der Waals surface area contributed by atoms with Gasteiger partial charge in [0.25, 0.3) is 17.5 Å². The predicted octanol–water partition coefficient (Wildman–Crippen LogP) is 2.69. The number of amides is 2. The van der Waals surface area contributed by atoms with E-state index in [0.717, 1.165) is 17.5 Å². The number of imide groups is 1. The van der Waals surface area contributed by atoms with E-state index >= 15 is 0 Å². The minimum Gasteiger partial charge on any atom is -0.478 e. The molecule has 1 aromatic heterocycles. The Kier molecular flexibility index (Phi) is 4.10. The van der Waals surface area contributed by atoms with Crippen molar-refractivity contribution in [2.45, 2.75) is 6.42 Å². The number of allylic oxidation sites excluding steroid dienone is 2. The number of hydrogen-bond acceptors (Lipinski definition) is 7. The Hall–Kier alpha value is -4.08. The minimum atomic E-state index is -1.34. The fraction of sp³-hybridized carbons (Fsp3) is 0.238. The topological polar surface area (TPSA) is 143 Å². The Balaban J connectivity index is 1.39. The molecule has 2 heterocycles. The van der Waals surface area contributed by atoms with Gasteiger partial charge < -0.3 is 9.52 Å². The lowest BCUT2D eigenvalue weighted by atomic mass is 9.85. The van der Waals surface area contributed by atoms with Gasteiger partial charge in [-0.25, -0.2) is 4.79 Å². The number of furan rings is 1. The van der Waals surface area contributed by atoms with Crippen LogP contribution in [0.5, 0.6) is 0 Å². The summed E-state index contributed by atoms with van der Waals surface area (Å²) in [6, 6.07) is 6.42. The van der Waals surface area contributed by atoms with Gasteiger partial charge in [0, 0.05) is 17.7 Å². The van der Waals surface area contributed by atoms with Crippen LogP contribution in [0.1, 0.15) is 22.5 Å². The molecule has 0 radical (unpaired) electrons. The molecule has 1 saturated heterocycles. The summed E-state index contributed by atoms with van der Waals surface area (Å²) in [5, 5.41) is 25.2. The Morgan fingerprint density at radius 1 is 1.16 bits per heavy atom. The number of carboxylic acid groups (broad SMARTS) is 1. The van der Waals surface area contributed by atoms with Crippen LogP contribution in [0.4, 0.5) is 5.69 Å². The highest BCUT2D eigenvalue weighted by Gasteiger charge is 2.59. The lowest BCUT2D eigenvalue weighted by molar-refractivity contribution is -0.384. The number of hydrazone groups is 1. The van der Waals surface area contributed by atoms with Crippen molar-refractivity contribution in [3.8, 4) is 11.3 Å². The number of aromatic carboxylic acids is 1. The number of carboxylic acids is 1. The zero-order valence-corrected chi connectivity index (χ0v) is 15.9. The van der Waals surface area contributed by atoms with Crippen LogP contribution in [0.2, 0.25) is 0 Å². The van der Waals surface area contributed by atoms with Gasteiger partial charge in [-0.15, -0.1) is 0 Å². The number of nitrogens with zero attached hydrogens (tertiary/aromatic N) is 3. The maximum atomic E-state index is 12.6.